The first kappa shape index (κ1) is 29.8. The van der Waals surface area contributed by atoms with Crippen LogP contribution < -0.4 is 10.2 Å². The molecule has 0 spiro atoms. The van der Waals surface area contributed by atoms with Crippen molar-refractivity contribution in [2.75, 3.05) is 43.0 Å². The van der Waals surface area contributed by atoms with E-state index in [0.717, 1.165) is 32.1 Å². The lowest BCUT2D eigenvalue weighted by atomic mass is 9.90. The fraction of sp³-hybridized carbons (Fsp3) is 0.552. The standard InChI is InChI=1S/C29H37F3N6O2/c1-3-22-26-34-19-35-27(22)38(28(39)40-16-7-4-13-33)15-6-5-14-37-17-21(18-37)11-12-29(31,32)24-10-8-9-23(25(24)30)20(2)36-26/h3,8-10,19-21,28,39H,1,4-7,11-12,14-18H2,2H3,(H,34,35,36)/t20-,28?/m1/s1. The fourth-order valence-electron chi connectivity index (χ4n) is 5.30. The summed E-state index contributed by atoms with van der Waals surface area (Å²) >= 11 is 0. The number of nitriles is 1. The second-order valence-corrected chi connectivity index (χ2v) is 10.5. The highest BCUT2D eigenvalue weighted by molar-refractivity contribution is 5.73. The minimum atomic E-state index is -3.28. The van der Waals surface area contributed by atoms with Crippen molar-refractivity contribution in [3.63, 3.8) is 0 Å². The summed E-state index contributed by atoms with van der Waals surface area (Å²) in [6.07, 6.45) is 3.78. The first-order valence-electron chi connectivity index (χ1n) is 13.8. The van der Waals surface area contributed by atoms with Crippen LogP contribution in [-0.4, -0.2) is 59.2 Å². The molecule has 1 unspecified atom stereocenters. The van der Waals surface area contributed by atoms with E-state index in [1.807, 2.05) is 0 Å². The fourth-order valence-corrected chi connectivity index (χ4v) is 5.30. The van der Waals surface area contributed by atoms with Gasteiger partial charge in [0.2, 0.25) is 6.41 Å². The Morgan fingerprint density at radius 3 is 2.83 bits per heavy atom. The third-order valence-corrected chi connectivity index (χ3v) is 7.57. The zero-order valence-electron chi connectivity index (χ0n) is 22.8. The number of ether oxygens (including phenoxy) is 1. The molecule has 4 heterocycles. The molecule has 0 aliphatic carbocycles. The van der Waals surface area contributed by atoms with Gasteiger partial charge >= 0.3 is 0 Å². The van der Waals surface area contributed by atoms with Crippen LogP contribution in [0, 0.1) is 23.1 Å². The lowest BCUT2D eigenvalue weighted by Crippen LogP contribution is -2.47. The van der Waals surface area contributed by atoms with Crippen LogP contribution in [0.3, 0.4) is 0 Å². The summed E-state index contributed by atoms with van der Waals surface area (Å²) in [7, 11) is 0. The number of anilines is 2. The molecule has 5 rings (SSSR count). The van der Waals surface area contributed by atoms with E-state index in [0.29, 0.717) is 49.4 Å². The summed E-state index contributed by atoms with van der Waals surface area (Å²) < 4.78 is 51.5. The van der Waals surface area contributed by atoms with Crippen LogP contribution >= 0.6 is 0 Å². The van der Waals surface area contributed by atoms with E-state index >= 15 is 13.2 Å². The molecule has 2 atom stereocenters. The van der Waals surface area contributed by atoms with E-state index in [2.05, 4.69) is 32.8 Å². The van der Waals surface area contributed by atoms with Gasteiger partial charge in [-0.1, -0.05) is 30.9 Å². The molecular weight excluding hydrogens is 521 g/mol. The van der Waals surface area contributed by atoms with Crippen molar-refractivity contribution in [1.29, 1.82) is 5.26 Å². The molecule has 11 heteroatoms. The summed E-state index contributed by atoms with van der Waals surface area (Å²) in [5, 5.41) is 22.9. The molecule has 8 nitrogen and oxygen atoms in total. The van der Waals surface area contributed by atoms with Crippen LogP contribution in [0.5, 0.6) is 0 Å². The average molecular weight is 559 g/mol. The number of alkyl halides is 2. The smallest absolute Gasteiger partial charge is 0.276 e. The quantitative estimate of drug-likeness (QED) is 0.358. The Morgan fingerprint density at radius 1 is 1.30 bits per heavy atom. The van der Waals surface area contributed by atoms with E-state index in [4.69, 9.17) is 10.00 Å². The van der Waals surface area contributed by atoms with E-state index in [1.165, 1.54) is 24.5 Å². The maximum atomic E-state index is 15.5. The van der Waals surface area contributed by atoms with E-state index < -0.39 is 36.2 Å². The maximum absolute atomic E-state index is 15.5. The summed E-state index contributed by atoms with van der Waals surface area (Å²) in [5.41, 5.74) is -0.0415. The maximum Gasteiger partial charge on any atom is 0.276 e. The number of nitrogens with zero attached hydrogens (tertiary/aromatic N) is 5. The number of aliphatic hydroxyl groups is 1. The Morgan fingerprint density at radius 2 is 2.08 bits per heavy atom. The Labute approximate surface area is 233 Å². The molecule has 0 saturated carbocycles. The average Bonchev–Trinajstić information content (AvgIpc) is 2.90. The van der Waals surface area contributed by atoms with Crippen LogP contribution in [0.15, 0.2) is 31.1 Å². The van der Waals surface area contributed by atoms with Crippen LogP contribution in [0.4, 0.5) is 24.8 Å². The lowest BCUT2D eigenvalue weighted by Gasteiger charge is -2.40. The van der Waals surface area contributed by atoms with Gasteiger partial charge in [-0.3, -0.25) is 0 Å². The van der Waals surface area contributed by atoms with Gasteiger partial charge in [-0.25, -0.2) is 23.1 Å². The Balaban J connectivity index is 1.67. The van der Waals surface area contributed by atoms with Crippen molar-refractivity contribution in [1.82, 2.24) is 14.9 Å². The minimum Gasteiger partial charge on any atom is -0.363 e. The molecule has 40 heavy (non-hydrogen) atoms. The number of halogens is 3. The molecule has 216 valence electrons. The molecule has 2 aromatic rings. The van der Waals surface area contributed by atoms with Crippen molar-refractivity contribution < 1.29 is 23.0 Å². The van der Waals surface area contributed by atoms with Gasteiger partial charge in [0.15, 0.2) is 0 Å². The third kappa shape index (κ3) is 6.92. The Bertz CT molecular complexity index is 1200. The highest BCUT2D eigenvalue weighted by Gasteiger charge is 2.38. The normalized spacial score (nSPS) is 23.8. The number of aromatic nitrogens is 2. The van der Waals surface area contributed by atoms with Gasteiger partial charge in [-0.15, -0.1) is 0 Å². The molecule has 0 radical (unpaired) electrons. The molecule has 1 aromatic heterocycles. The molecule has 1 aromatic carbocycles. The van der Waals surface area contributed by atoms with Crippen LogP contribution in [0.1, 0.15) is 68.2 Å². The predicted molar refractivity (Wildman–Crippen MR) is 147 cm³/mol. The van der Waals surface area contributed by atoms with E-state index in [1.54, 1.807) is 11.8 Å². The number of fused-ring (bicyclic) bond motifs is 7. The number of unbranched alkanes of at least 4 members (excludes halogenated alkanes) is 1. The second-order valence-electron chi connectivity index (χ2n) is 10.5. The SMILES string of the molecule is C=Cc1c2ncnc1N(C(O)OCCCC#N)CCCCN1CC(CCC(F)(F)c3cccc(c3F)[C@@H](C)N2)C1. The molecule has 3 aliphatic heterocycles. The number of nitrogens with one attached hydrogen (secondary N) is 1. The highest BCUT2D eigenvalue weighted by Crippen LogP contribution is 2.39. The minimum absolute atomic E-state index is 0.0952. The lowest BCUT2D eigenvalue weighted by molar-refractivity contribution is -0.1000. The summed E-state index contributed by atoms with van der Waals surface area (Å²) in [6.45, 7) is 8.46. The van der Waals surface area contributed by atoms with Gasteiger partial charge in [0.05, 0.1) is 29.8 Å². The Hall–Kier alpha value is -3.20. The number of hydrogen-bond acceptors (Lipinski definition) is 8. The molecule has 0 amide bonds. The van der Waals surface area contributed by atoms with Gasteiger partial charge in [-0.05, 0) is 45.1 Å². The van der Waals surface area contributed by atoms with Gasteiger partial charge < -0.3 is 25.0 Å². The number of benzene rings is 1. The molecule has 6 bridgehead atoms. The van der Waals surface area contributed by atoms with E-state index in [-0.39, 0.29) is 18.1 Å². The number of hydrogen-bond donors (Lipinski definition) is 2. The summed E-state index contributed by atoms with van der Waals surface area (Å²) in [4.78, 5) is 12.6. The summed E-state index contributed by atoms with van der Waals surface area (Å²) in [6, 6.07) is 5.45. The van der Waals surface area contributed by atoms with E-state index in [9.17, 15) is 5.11 Å². The van der Waals surface area contributed by atoms with Crippen molar-refractivity contribution in [3.05, 3.63) is 53.6 Å². The van der Waals surface area contributed by atoms with Gasteiger partial charge in [0, 0.05) is 38.0 Å². The second kappa shape index (κ2) is 13.4. The van der Waals surface area contributed by atoms with Gasteiger partial charge in [-0.2, -0.15) is 5.26 Å². The van der Waals surface area contributed by atoms with Crippen LogP contribution in [0.25, 0.3) is 6.08 Å². The topological polar surface area (TPSA) is 97.5 Å². The van der Waals surface area contributed by atoms with Gasteiger partial charge in [0.1, 0.15) is 23.8 Å². The highest BCUT2D eigenvalue weighted by atomic mass is 19.3. The largest absolute Gasteiger partial charge is 0.363 e. The molecule has 2 N–H and O–H groups in total. The van der Waals surface area contributed by atoms with Crippen LogP contribution in [0.2, 0.25) is 0 Å². The van der Waals surface area contributed by atoms with Crippen molar-refractivity contribution in [2.24, 2.45) is 5.92 Å². The van der Waals surface area contributed by atoms with Crippen molar-refractivity contribution in [2.45, 2.75) is 63.8 Å². The molecule has 1 fully saturated rings. The Kier molecular flexibility index (Phi) is 10.0. The molecular formula is C29H37F3N6O2. The zero-order valence-corrected chi connectivity index (χ0v) is 22.8. The van der Waals surface area contributed by atoms with Crippen molar-refractivity contribution >= 4 is 17.7 Å². The number of rotatable bonds is 6. The summed E-state index contributed by atoms with van der Waals surface area (Å²) in [5.74, 6) is -3.36. The van der Waals surface area contributed by atoms with Crippen LogP contribution in [-0.2, 0) is 10.7 Å². The first-order chi connectivity index (χ1) is 19.2. The zero-order chi connectivity index (χ0) is 28.7. The monoisotopic (exact) mass is 558 g/mol. The van der Waals surface area contributed by atoms with Gasteiger partial charge in [0.25, 0.3) is 5.92 Å². The molecule has 3 aliphatic rings. The predicted octanol–water partition coefficient (Wildman–Crippen LogP) is 5.43. The third-order valence-electron chi connectivity index (χ3n) is 7.57. The molecule has 1 saturated heterocycles. The first-order valence-corrected chi connectivity index (χ1v) is 13.8. The van der Waals surface area contributed by atoms with Crippen molar-refractivity contribution in [3.8, 4) is 6.07 Å². The number of aliphatic hydroxyl groups excluding tert-OH is 1.